The van der Waals surface area contributed by atoms with Crippen molar-refractivity contribution in [3.63, 3.8) is 0 Å². The van der Waals surface area contributed by atoms with Crippen LogP contribution in [-0.4, -0.2) is 23.2 Å². The Labute approximate surface area is 96.2 Å². The molecule has 0 spiro atoms. The fourth-order valence-corrected chi connectivity index (χ4v) is 2.09. The molecule has 1 atom stereocenters. The van der Waals surface area contributed by atoms with Gasteiger partial charge in [0.15, 0.2) is 0 Å². The summed E-state index contributed by atoms with van der Waals surface area (Å²) in [5.74, 6) is 0.783. The second-order valence-corrected chi connectivity index (χ2v) is 4.88. The average molecular weight is 221 g/mol. The summed E-state index contributed by atoms with van der Waals surface area (Å²) in [7, 11) is 0. The zero-order valence-corrected chi connectivity index (χ0v) is 9.86. The third-order valence-electron chi connectivity index (χ3n) is 2.88. The zero-order chi connectivity index (χ0) is 11.6. The Bertz CT molecular complexity index is 365. The fraction of sp³-hybridized carbons (Fsp3) is 0.583. The van der Waals surface area contributed by atoms with Crippen LogP contribution in [0.5, 0.6) is 0 Å². The minimum atomic E-state index is -0.0561. The van der Waals surface area contributed by atoms with Crippen LogP contribution in [0.15, 0.2) is 18.3 Å². The maximum atomic E-state index is 5.85. The molecule has 88 valence electrons. The molecule has 4 heteroatoms. The van der Waals surface area contributed by atoms with Gasteiger partial charge in [-0.1, -0.05) is 0 Å². The highest BCUT2D eigenvalue weighted by atomic mass is 16.5. The summed E-state index contributed by atoms with van der Waals surface area (Å²) in [5, 5.41) is 3.39. The summed E-state index contributed by atoms with van der Waals surface area (Å²) in [4.78, 5) is 4.24. The normalized spacial score (nSPS) is 24.0. The fourth-order valence-electron chi connectivity index (χ4n) is 2.09. The quantitative estimate of drug-likeness (QED) is 0.802. The van der Waals surface area contributed by atoms with Gasteiger partial charge in [0, 0.05) is 18.8 Å². The molecule has 1 saturated heterocycles. The lowest BCUT2D eigenvalue weighted by Crippen LogP contribution is -2.40. The maximum Gasteiger partial charge on any atom is 0.149 e. The number of hydrogen-bond acceptors (Lipinski definition) is 4. The predicted octanol–water partition coefficient (Wildman–Crippen LogP) is 2.03. The lowest BCUT2D eigenvalue weighted by atomic mass is 9.94. The van der Waals surface area contributed by atoms with Crippen molar-refractivity contribution in [3.8, 4) is 0 Å². The number of hydrogen-bond donors (Lipinski definition) is 2. The summed E-state index contributed by atoms with van der Waals surface area (Å²) >= 11 is 0. The summed E-state index contributed by atoms with van der Waals surface area (Å²) in [6.07, 6.45) is 3.73. The summed E-state index contributed by atoms with van der Waals surface area (Å²) in [5.41, 5.74) is 6.49. The minimum Gasteiger partial charge on any atom is -0.396 e. The van der Waals surface area contributed by atoms with Gasteiger partial charge in [-0.15, -0.1) is 0 Å². The number of ether oxygens (including phenoxy) is 1. The van der Waals surface area contributed by atoms with E-state index in [1.54, 1.807) is 6.20 Å². The highest BCUT2D eigenvalue weighted by Crippen LogP contribution is 2.27. The van der Waals surface area contributed by atoms with Gasteiger partial charge < -0.3 is 15.8 Å². The lowest BCUT2D eigenvalue weighted by Gasteiger charge is -2.36. The van der Waals surface area contributed by atoms with Crippen LogP contribution < -0.4 is 11.1 Å². The molecule has 0 bridgehead atoms. The van der Waals surface area contributed by atoms with Gasteiger partial charge in [0.1, 0.15) is 5.82 Å². The maximum absolute atomic E-state index is 5.85. The number of anilines is 2. The minimum absolute atomic E-state index is 0.0561. The molecule has 0 aromatic carbocycles. The second-order valence-electron chi connectivity index (χ2n) is 4.88. The summed E-state index contributed by atoms with van der Waals surface area (Å²) < 4.78 is 5.67. The number of nitrogens with zero attached hydrogens (tertiary/aromatic N) is 1. The Hall–Kier alpha value is -1.29. The van der Waals surface area contributed by atoms with Crippen LogP contribution in [-0.2, 0) is 4.74 Å². The molecule has 0 amide bonds. The number of nitrogens with two attached hydrogens (primary N) is 1. The van der Waals surface area contributed by atoms with Crippen LogP contribution >= 0.6 is 0 Å². The van der Waals surface area contributed by atoms with Crippen LogP contribution in [0.4, 0.5) is 11.5 Å². The molecule has 0 radical (unpaired) electrons. The van der Waals surface area contributed by atoms with E-state index in [1.807, 2.05) is 12.1 Å². The van der Waals surface area contributed by atoms with E-state index >= 15 is 0 Å². The van der Waals surface area contributed by atoms with Gasteiger partial charge in [0.05, 0.1) is 11.3 Å². The van der Waals surface area contributed by atoms with Crippen LogP contribution in [0.3, 0.4) is 0 Å². The van der Waals surface area contributed by atoms with E-state index in [1.165, 1.54) is 0 Å². The van der Waals surface area contributed by atoms with Crippen LogP contribution in [0.25, 0.3) is 0 Å². The lowest BCUT2D eigenvalue weighted by molar-refractivity contribution is -0.0553. The largest absolute Gasteiger partial charge is 0.396 e. The first-order valence-corrected chi connectivity index (χ1v) is 5.68. The molecule has 16 heavy (non-hydrogen) atoms. The third kappa shape index (κ3) is 2.64. The highest BCUT2D eigenvalue weighted by Gasteiger charge is 2.29. The Kier molecular flexibility index (Phi) is 3.01. The van der Waals surface area contributed by atoms with Crippen molar-refractivity contribution in [1.29, 1.82) is 0 Å². The molecule has 1 aromatic heterocycles. The molecule has 2 heterocycles. The van der Waals surface area contributed by atoms with Crippen molar-refractivity contribution < 1.29 is 4.74 Å². The Balaban J connectivity index is 2.02. The first kappa shape index (κ1) is 11.2. The molecule has 1 aromatic rings. The molecular weight excluding hydrogens is 202 g/mol. The zero-order valence-electron chi connectivity index (χ0n) is 9.86. The average Bonchev–Trinajstić information content (AvgIpc) is 2.20. The Morgan fingerprint density at radius 3 is 3.06 bits per heavy atom. The standard InChI is InChI=1S/C12H19N3O/c1-12(2)8-9(5-7-16-12)15-11-10(13)4-3-6-14-11/h3-4,6,9H,5,7-8,13H2,1-2H3,(H,14,15). The predicted molar refractivity (Wildman–Crippen MR) is 65.3 cm³/mol. The molecular formula is C12H19N3O. The number of aromatic nitrogens is 1. The topological polar surface area (TPSA) is 60.2 Å². The second kappa shape index (κ2) is 4.29. The van der Waals surface area contributed by atoms with E-state index < -0.39 is 0 Å². The number of rotatable bonds is 2. The number of nitrogen functional groups attached to an aromatic ring is 1. The van der Waals surface area contributed by atoms with Gasteiger partial charge in [-0.25, -0.2) is 4.98 Å². The van der Waals surface area contributed by atoms with Gasteiger partial charge in [-0.2, -0.15) is 0 Å². The summed E-state index contributed by atoms with van der Waals surface area (Å²) in [6, 6.07) is 4.09. The Morgan fingerprint density at radius 2 is 2.38 bits per heavy atom. The van der Waals surface area contributed by atoms with E-state index in [-0.39, 0.29) is 5.60 Å². The molecule has 3 N–H and O–H groups in total. The van der Waals surface area contributed by atoms with Crippen molar-refractivity contribution in [2.75, 3.05) is 17.7 Å². The van der Waals surface area contributed by atoms with E-state index in [2.05, 4.69) is 24.1 Å². The van der Waals surface area contributed by atoms with E-state index in [9.17, 15) is 0 Å². The molecule has 1 unspecified atom stereocenters. The van der Waals surface area contributed by atoms with Crippen molar-refractivity contribution in [2.24, 2.45) is 0 Å². The van der Waals surface area contributed by atoms with Crippen LogP contribution in [0.1, 0.15) is 26.7 Å². The number of pyridine rings is 1. The smallest absolute Gasteiger partial charge is 0.149 e. The van der Waals surface area contributed by atoms with Crippen molar-refractivity contribution in [1.82, 2.24) is 4.98 Å². The molecule has 1 fully saturated rings. The first-order valence-electron chi connectivity index (χ1n) is 5.68. The Morgan fingerprint density at radius 1 is 1.56 bits per heavy atom. The van der Waals surface area contributed by atoms with Crippen LogP contribution in [0, 0.1) is 0 Å². The van der Waals surface area contributed by atoms with Crippen molar-refractivity contribution >= 4 is 11.5 Å². The van der Waals surface area contributed by atoms with E-state index in [4.69, 9.17) is 10.5 Å². The molecule has 0 saturated carbocycles. The van der Waals surface area contributed by atoms with Gasteiger partial charge in [-0.05, 0) is 38.8 Å². The summed E-state index contributed by atoms with van der Waals surface area (Å²) in [6.45, 7) is 5.02. The molecule has 0 aliphatic carbocycles. The number of nitrogens with one attached hydrogen (secondary N) is 1. The van der Waals surface area contributed by atoms with Crippen molar-refractivity contribution in [2.45, 2.75) is 38.3 Å². The SMILES string of the molecule is CC1(C)CC(Nc2ncccc2N)CCO1. The molecule has 1 aliphatic heterocycles. The van der Waals surface area contributed by atoms with Crippen molar-refractivity contribution in [3.05, 3.63) is 18.3 Å². The van der Waals surface area contributed by atoms with E-state index in [0.29, 0.717) is 11.7 Å². The molecule has 2 rings (SSSR count). The van der Waals surface area contributed by atoms with E-state index in [0.717, 1.165) is 25.3 Å². The van der Waals surface area contributed by atoms with Gasteiger partial charge in [-0.3, -0.25) is 0 Å². The van der Waals surface area contributed by atoms with Gasteiger partial charge in [0.2, 0.25) is 0 Å². The highest BCUT2D eigenvalue weighted by molar-refractivity contribution is 5.60. The molecule has 1 aliphatic rings. The van der Waals surface area contributed by atoms with Gasteiger partial charge >= 0.3 is 0 Å². The third-order valence-corrected chi connectivity index (χ3v) is 2.88. The first-order chi connectivity index (χ1) is 7.57. The molecule has 4 nitrogen and oxygen atoms in total. The van der Waals surface area contributed by atoms with Crippen LogP contribution in [0.2, 0.25) is 0 Å². The van der Waals surface area contributed by atoms with Gasteiger partial charge in [0.25, 0.3) is 0 Å². The monoisotopic (exact) mass is 221 g/mol.